The van der Waals surface area contributed by atoms with Crippen LogP contribution in [0.25, 0.3) is 0 Å². The first kappa shape index (κ1) is 15.0. The van der Waals surface area contributed by atoms with Crippen molar-refractivity contribution in [1.82, 2.24) is 5.43 Å². The van der Waals surface area contributed by atoms with Gasteiger partial charge < -0.3 is 0 Å². The van der Waals surface area contributed by atoms with Crippen LogP contribution in [0.2, 0.25) is 4.34 Å². The summed E-state index contributed by atoms with van der Waals surface area (Å²) in [6.45, 7) is 4.50. The monoisotopic (exact) mass is 274 g/mol. The lowest BCUT2D eigenvalue weighted by atomic mass is 9.92. The maximum absolute atomic E-state index is 5.97. The predicted molar refractivity (Wildman–Crippen MR) is 77.3 cm³/mol. The highest BCUT2D eigenvalue weighted by Gasteiger charge is 2.17. The first-order valence-electron chi connectivity index (χ1n) is 6.42. The number of nitrogens with two attached hydrogens (primary N) is 1. The molecule has 0 fully saturated rings. The number of hydrogen-bond acceptors (Lipinski definition) is 3. The summed E-state index contributed by atoms with van der Waals surface area (Å²) < 4.78 is 0.835. The SMILES string of the molecule is CCCCC(CC)CC(NN)c1ccc(Cl)s1. The Bertz CT molecular complexity index is 314. The van der Waals surface area contributed by atoms with E-state index in [9.17, 15) is 0 Å². The highest BCUT2D eigenvalue weighted by molar-refractivity contribution is 7.16. The Labute approximate surface area is 114 Å². The first-order valence-corrected chi connectivity index (χ1v) is 7.62. The lowest BCUT2D eigenvalue weighted by molar-refractivity contribution is 0.359. The molecule has 1 rings (SSSR count). The van der Waals surface area contributed by atoms with Crippen molar-refractivity contribution in [1.29, 1.82) is 0 Å². The largest absolute Gasteiger partial charge is 0.271 e. The minimum absolute atomic E-state index is 0.245. The standard InChI is InChI=1S/C13H23ClN2S/c1-3-5-6-10(4-2)9-11(16-15)12-7-8-13(14)17-12/h7-8,10-11,16H,3-6,9,15H2,1-2H3. The lowest BCUT2D eigenvalue weighted by Crippen LogP contribution is -2.29. The third-order valence-corrected chi connectivity index (χ3v) is 4.60. The van der Waals surface area contributed by atoms with E-state index >= 15 is 0 Å². The normalized spacial score (nSPS) is 14.8. The molecule has 0 saturated carbocycles. The summed E-state index contributed by atoms with van der Waals surface area (Å²) in [6.07, 6.45) is 6.19. The summed E-state index contributed by atoms with van der Waals surface area (Å²) in [5.74, 6) is 6.41. The topological polar surface area (TPSA) is 38.0 Å². The summed E-state index contributed by atoms with van der Waals surface area (Å²) >= 11 is 7.59. The van der Waals surface area contributed by atoms with E-state index in [0.29, 0.717) is 0 Å². The minimum atomic E-state index is 0.245. The average Bonchev–Trinajstić information content (AvgIpc) is 2.76. The number of rotatable bonds is 8. The van der Waals surface area contributed by atoms with E-state index in [1.54, 1.807) is 11.3 Å². The van der Waals surface area contributed by atoms with Crippen LogP contribution in [-0.4, -0.2) is 0 Å². The molecule has 2 unspecified atom stereocenters. The minimum Gasteiger partial charge on any atom is -0.271 e. The molecular formula is C13H23ClN2S. The maximum Gasteiger partial charge on any atom is 0.0931 e. The maximum atomic E-state index is 5.97. The fourth-order valence-corrected chi connectivity index (χ4v) is 3.23. The second-order valence-corrected chi connectivity index (χ2v) is 6.26. The van der Waals surface area contributed by atoms with Gasteiger partial charge in [0.1, 0.15) is 0 Å². The Balaban J connectivity index is 2.55. The van der Waals surface area contributed by atoms with Crippen molar-refractivity contribution >= 4 is 22.9 Å². The quantitative estimate of drug-likeness (QED) is 0.541. The van der Waals surface area contributed by atoms with Crippen LogP contribution in [0.5, 0.6) is 0 Å². The molecule has 0 aliphatic carbocycles. The highest BCUT2D eigenvalue weighted by Crippen LogP contribution is 2.32. The molecule has 1 aromatic heterocycles. The van der Waals surface area contributed by atoms with E-state index in [4.69, 9.17) is 17.4 Å². The highest BCUT2D eigenvalue weighted by atomic mass is 35.5. The smallest absolute Gasteiger partial charge is 0.0931 e. The summed E-state index contributed by atoms with van der Waals surface area (Å²) in [5.41, 5.74) is 2.92. The van der Waals surface area contributed by atoms with Gasteiger partial charge in [-0.25, -0.2) is 0 Å². The molecule has 98 valence electrons. The molecular weight excluding hydrogens is 252 g/mol. The fraction of sp³-hybridized carbons (Fsp3) is 0.692. The van der Waals surface area contributed by atoms with Crippen LogP contribution >= 0.6 is 22.9 Å². The predicted octanol–water partition coefficient (Wildman–Crippen LogP) is 4.51. The van der Waals surface area contributed by atoms with Crippen molar-refractivity contribution in [3.63, 3.8) is 0 Å². The van der Waals surface area contributed by atoms with E-state index in [-0.39, 0.29) is 6.04 Å². The van der Waals surface area contributed by atoms with Crippen LogP contribution < -0.4 is 11.3 Å². The average molecular weight is 275 g/mol. The van der Waals surface area contributed by atoms with Crippen LogP contribution in [0.4, 0.5) is 0 Å². The summed E-state index contributed by atoms with van der Waals surface area (Å²) in [4.78, 5) is 1.24. The Morgan fingerprint density at radius 2 is 2.18 bits per heavy atom. The molecule has 0 aliphatic rings. The van der Waals surface area contributed by atoms with Crippen LogP contribution in [0.1, 0.15) is 56.9 Å². The number of thiophene rings is 1. The van der Waals surface area contributed by atoms with Gasteiger partial charge in [0.15, 0.2) is 0 Å². The zero-order chi connectivity index (χ0) is 12.7. The number of nitrogens with one attached hydrogen (secondary N) is 1. The molecule has 4 heteroatoms. The molecule has 2 atom stereocenters. The third-order valence-electron chi connectivity index (χ3n) is 3.25. The van der Waals surface area contributed by atoms with Gasteiger partial charge in [-0.15, -0.1) is 11.3 Å². The van der Waals surface area contributed by atoms with Gasteiger partial charge in [0.2, 0.25) is 0 Å². The molecule has 3 N–H and O–H groups in total. The van der Waals surface area contributed by atoms with E-state index in [0.717, 1.165) is 16.7 Å². The van der Waals surface area contributed by atoms with E-state index in [1.165, 1.54) is 30.6 Å². The molecule has 0 radical (unpaired) electrons. The molecule has 1 aromatic rings. The zero-order valence-electron chi connectivity index (χ0n) is 10.7. The van der Waals surface area contributed by atoms with Gasteiger partial charge in [0.05, 0.1) is 10.4 Å². The van der Waals surface area contributed by atoms with Crippen molar-refractivity contribution in [2.75, 3.05) is 0 Å². The second kappa shape index (κ2) is 8.09. The van der Waals surface area contributed by atoms with Gasteiger partial charge in [-0.1, -0.05) is 51.1 Å². The van der Waals surface area contributed by atoms with Crippen LogP contribution in [0.15, 0.2) is 12.1 Å². The number of hydrogen-bond donors (Lipinski definition) is 2. The van der Waals surface area contributed by atoms with Crippen molar-refractivity contribution in [3.8, 4) is 0 Å². The zero-order valence-corrected chi connectivity index (χ0v) is 12.3. The molecule has 2 nitrogen and oxygen atoms in total. The van der Waals surface area contributed by atoms with E-state index in [1.807, 2.05) is 6.07 Å². The van der Waals surface area contributed by atoms with Gasteiger partial charge in [-0.3, -0.25) is 11.3 Å². The Morgan fingerprint density at radius 1 is 1.41 bits per heavy atom. The van der Waals surface area contributed by atoms with E-state index in [2.05, 4.69) is 25.3 Å². The Morgan fingerprint density at radius 3 is 2.65 bits per heavy atom. The molecule has 0 amide bonds. The van der Waals surface area contributed by atoms with Gasteiger partial charge in [0.25, 0.3) is 0 Å². The van der Waals surface area contributed by atoms with Crippen LogP contribution in [0, 0.1) is 5.92 Å². The molecule has 0 spiro atoms. The van der Waals surface area contributed by atoms with Crippen molar-refractivity contribution < 1.29 is 0 Å². The molecule has 0 bridgehead atoms. The van der Waals surface area contributed by atoms with Gasteiger partial charge in [0, 0.05) is 4.88 Å². The number of hydrazine groups is 1. The van der Waals surface area contributed by atoms with Gasteiger partial charge >= 0.3 is 0 Å². The van der Waals surface area contributed by atoms with Crippen LogP contribution in [-0.2, 0) is 0 Å². The van der Waals surface area contributed by atoms with Crippen molar-refractivity contribution in [2.24, 2.45) is 11.8 Å². The van der Waals surface area contributed by atoms with Gasteiger partial charge in [-0.05, 0) is 24.5 Å². The number of halogens is 1. The fourth-order valence-electron chi connectivity index (χ4n) is 2.10. The second-order valence-electron chi connectivity index (χ2n) is 4.51. The van der Waals surface area contributed by atoms with Crippen molar-refractivity contribution in [3.05, 3.63) is 21.3 Å². The van der Waals surface area contributed by atoms with Gasteiger partial charge in [-0.2, -0.15) is 0 Å². The molecule has 0 aliphatic heterocycles. The lowest BCUT2D eigenvalue weighted by Gasteiger charge is -2.21. The molecule has 0 aromatic carbocycles. The Hall–Kier alpha value is -0.0900. The third kappa shape index (κ3) is 4.96. The summed E-state index contributed by atoms with van der Waals surface area (Å²) in [6, 6.07) is 4.26. The summed E-state index contributed by atoms with van der Waals surface area (Å²) in [5, 5.41) is 0. The van der Waals surface area contributed by atoms with Crippen molar-refractivity contribution in [2.45, 2.75) is 52.0 Å². The Kier molecular flexibility index (Phi) is 7.12. The first-order chi connectivity index (χ1) is 8.21. The molecule has 1 heterocycles. The summed E-state index contributed by atoms with van der Waals surface area (Å²) in [7, 11) is 0. The molecule has 17 heavy (non-hydrogen) atoms. The van der Waals surface area contributed by atoms with Crippen LogP contribution in [0.3, 0.4) is 0 Å². The van der Waals surface area contributed by atoms with E-state index < -0.39 is 0 Å². The molecule has 0 saturated heterocycles. The number of unbranched alkanes of at least 4 members (excludes halogenated alkanes) is 1.